The van der Waals surface area contributed by atoms with Gasteiger partial charge in [-0.2, -0.15) is 0 Å². The van der Waals surface area contributed by atoms with Crippen molar-refractivity contribution in [3.8, 4) is 0 Å². The van der Waals surface area contributed by atoms with Crippen LogP contribution in [0.1, 0.15) is 73.6 Å². The fraction of sp³-hybridized carbons (Fsp3) is 0.571. The number of hydrogen-bond acceptors (Lipinski definition) is 2. The number of likely N-dealkylation sites (tertiary alicyclic amines) is 1. The Hall–Kier alpha value is -1.51. The van der Waals surface area contributed by atoms with Crippen LogP contribution in [0.3, 0.4) is 0 Å². The molecule has 0 amide bonds. The summed E-state index contributed by atoms with van der Waals surface area (Å²) in [7, 11) is 0. The van der Waals surface area contributed by atoms with Crippen LogP contribution in [0.15, 0.2) is 71.0 Å². The maximum Gasteiger partial charge on any atom is 0.0562 e. The molecular formula is C28H45ClN2. The fourth-order valence-corrected chi connectivity index (χ4v) is 3.74. The zero-order valence-electron chi connectivity index (χ0n) is 20.8. The van der Waals surface area contributed by atoms with E-state index in [-0.39, 0.29) is 0 Å². The van der Waals surface area contributed by atoms with E-state index in [1.807, 2.05) is 18.4 Å². The molecule has 1 saturated heterocycles. The molecule has 0 aromatic carbocycles. The van der Waals surface area contributed by atoms with Gasteiger partial charge in [0.25, 0.3) is 0 Å². The van der Waals surface area contributed by atoms with Crippen LogP contribution in [0.2, 0.25) is 0 Å². The van der Waals surface area contributed by atoms with Gasteiger partial charge < -0.3 is 5.32 Å². The number of hydrogen-bond donors (Lipinski definition) is 1. The van der Waals surface area contributed by atoms with Crippen LogP contribution in [0.4, 0.5) is 0 Å². The van der Waals surface area contributed by atoms with E-state index in [9.17, 15) is 0 Å². The van der Waals surface area contributed by atoms with Gasteiger partial charge in [0.05, 0.1) is 5.03 Å². The van der Waals surface area contributed by atoms with Crippen LogP contribution in [-0.2, 0) is 0 Å². The topological polar surface area (TPSA) is 15.3 Å². The highest BCUT2D eigenvalue weighted by Crippen LogP contribution is 2.27. The van der Waals surface area contributed by atoms with E-state index in [2.05, 4.69) is 82.6 Å². The molecule has 3 heteroatoms. The molecule has 0 spiro atoms. The Morgan fingerprint density at radius 3 is 2.45 bits per heavy atom. The number of halogens is 1. The monoisotopic (exact) mass is 444 g/mol. The van der Waals surface area contributed by atoms with Crippen molar-refractivity contribution in [2.24, 2.45) is 5.92 Å². The first kappa shape index (κ1) is 27.5. The third-order valence-corrected chi connectivity index (χ3v) is 6.32. The maximum absolute atomic E-state index is 6.18. The maximum atomic E-state index is 6.18. The molecule has 0 aromatic rings. The van der Waals surface area contributed by atoms with Crippen molar-refractivity contribution in [1.29, 1.82) is 0 Å². The summed E-state index contributed by atoms with van der Waals surface area (Å²) in [6, 6.07) is 0. The van der Waals surface area contributed by atoms with E-state index in [0.717, 1.165) is 30.9 Å². The highest BCUT2D eigenvalue weighted by Gasteiger charge is 2.26. The molecule has 1 N–H and O–H groups in total. The highest BCUT2D eigenvalue weighted by atomic mass is 35.5. The molecule has 1 rings (SSSR count). The second-order valence-electron chi connectivity index (χ2n) is 9.66. The van der Waals surface area contributed by atoms with Crippen LogP contribution in [0.5, 0.6) is 0 Å². The molecule has 0 unspecified atom stereocenters. The molecule has 174 valence electrons. The second kappa shape index (κ2) is 14.5. The average molecular weight is 445 g/mol. The molecule has 0 saturated carbocycles. The Morgan fingerprint density at radius 2 is 1.84 bits per heavy atom. The van der Waals surface area contributed by atoms with Crippen LogP contribution in [0, 0.1) is 5.92 Å². The van der Waals surface area contributed by atoms with Gasteiger partial charge in [0, 0.05) is 18.3 Å². The molecule has 0 bridgehead atoms. The van der Waals surface area contributed by atoms with Gasteiger partial charge in [-0.05, 0) is 103 Å². The second-order valence-corrected chi connectivity index (χ2v) is 10.1. The van der Waals surface area contributed by atoms with Crippen LogP contribution < -0.4 is 5.32 Å². The summed E-state index contributed by atoms with van der Waals surface area (Å²) < 4.78 is 0. The Morgan fingerprint density at radius 1 is 1.16 bits per heavy atom. The summed E-state index contributed by atoms with van der Waals surface area (Å²) in [5.74, 6) is 0.864. The summed E-state index contributed by atoms with van der Waals surface area (Å²) in [4.78, 5) is 2.62. The summed E-state index contributed by atoms with van der Waals surface area (Å²) in [6.45, 7) is 20.8. The van der Waals surface area contributed by atoms with E-state index < -0.39 is 0 Å². The van der Waals surface area contributed by atoms with Gasteiger partial charge in [-0.1, -0.05) is 61.1 Å². The number of nitrogens with zero attached hydrogens (tertiary/aromatic N) is 1. The van der Waals surface area contributed by atoms with E-state index in [4.69, 9.17) is 11.6 Å². The molecular weight excluding hydrogens is 400 g/mol. The predicted octanol–water partition coefficient (Wildman–Crippen LogP) is 7.92. The first-order chi connectivity index (χ1) is 14.6. The third-order valence-electron chi connectivity index (χ3n) is 6.08. The number of allylic oxidation sites excluding steroid dienone is 9. The van der Waals surface area contributed by atoms with Crippen molar-refractivity contribution >= 4 is 11.6 Å². The fourth-order valence-electron chi connectivity index (χ4n) is 3.59. The van der Waals surface area contributed by atoms with Gasteiger partial charge in [0.15, 0.2) is 0 Å². The summed E-state index contributed by atoms with van der Waals surface area (Å²) in [6.07, 6.45) is 20.5. The van der Waals surface area contributed by atoms with E-state index in [1.54, 1.807) is 0 Å². The Labute approximate surface area is 197 Å². The van der Waals surface area contributed by atoms with Crippen LogP contribution in [-0.4, -0.2) is 30.1 Å². The molecule has 0 atom stereocenters. The number of piperidine rings is 1. The van der Waals surface area contributed by atoms with Crippen molar-refractivity contribution in [3.63, 3.8) is 0 Å². The van der Waals surface area contributed by atoms with Gasteiger partial charge in [-0.15, -0.1) is 0 Å². The normalized spacial score (nSPS) is 18.4. The molecule has 31 heavy (non-hydrogen) atoms. The van der Waals surface area contributed by atoms with E-state index in [1.165, 1.54) is 43.5 Å². The molecule has 1 heterocycles. The minimum absolute atomic E-state index is 0.309. The minimum atomic E-state index is 0.309. The standard InChI is InChI=1S/C28H45ClN2/c1-8-23(2)12-9-16-27(29)22-30-19-11-14-25(4)24(3)13-10-15-26-17-20-31(21-18-26)28(5,6)7/h9,11-14,16,22,26,30H,4,8,10,15,17-21H2,1-3,5-7H3/b14-11-,16-9-,23-12-,24-13-,27-22-. The smallest absolute Gasteiger partial charge is 0.0562 e. The van der Waals surface area contributed by atoms with Crippen LogP contribution in [0.25, 0.3) is 0 Å². The van der Waals surface area contributed by atoms with Gasteiger partial charge in [0.2, 0.25) is 0 Å². The SMILES string of the molecule is C=C(/C=C\CN/C=C(Cl)/C=C\C=C(\C)CC)/C(C)=C\CCC1CCN(C(C)(C)C)CC1. The summed E-state index contributed by atoms with van der Waals surface area (Å²) >= 11 is 6.18. The molecule has 1 aliphatic rings. The molecule has 0 aliphatic carbocycles. The zero-order valence-corrected chi connectivity index (χ0v) is 21.6. The van der Waals surface area contributed by atoms with Gasteiger partial charge in [0.1, 0.15) is 0 Å². The first-order valence-corrected chi connectivity index (χ1v) is 12.2. The summed E-state index contributed by atoms with van der Waals surface area (Å²) in [5.41, 5.74) is 4.01. The van der Waals surface area contributed by atoms with Crippen LogP contribution >= 0.6 is 11.6 Å². The highest BCUT2D eigenvalue weighted by molar-refractivity contribution is 6.31. The van der Waals surface area contributed by atoms with Gasteiger partial charge in [-0.3, -0.25) is 4.90 Å². The lowest BCUT2D eigenvalue weighted by molar-refractivity contribution is 0.0856. The van der Waals surface area contributed by atoms with Crippen molar-refractivity contribution < 1.29 is 0 Å². The average Bonchev–Trinajstić information content (AvgIpc) is 2.72. The van der Waals surface area contributed by atoms with Crippen molar-refractivity contribution in [2.75, 3.05) is 19.6 Å². The summed E-state index contributed by atoms with van der Waals surface area (Å²) in [5, 5.41) is 3.91. The Balaban J connectivity index is 2.30. The first-order valence-electron chi connectivity index (χ1n) is 11.8. The number of nitrogens with one attached hydrogen (secondary N) is 1. The lowest BCUT2D eigenvalue weighted by Gasteiger charge is -2.41. The molecule has 2 nitrogen and oxygen atoms in total. The van der Waals surface area contributed by atoms with E-state index >= 15 is 0 Å². The largest absolute Gasteiger partial charge is 0.386 e. The predicted molar refractivity (Wildman–Crippen MR) is 140 cm³/mol. The minimum Gasteiger partial charge on any atom is -0.386 e. The lowest BCUT2D eigenvalue weighted by atomic mass is 9.89. The van der Waals surface area contributed by atoms with E-state index in [0.29, 0.717) is 10.6 Å². The number of rotatable bonds is 11. The molecule has 1 aliphatic heterocycles. The van der Waals surface area contributed by atoms with Gasteiger partial charge >= 0.3 is 0 Å². The Bertz CT molecular complexity index is 693. The van der Waals surface area contributed by atoms with Crippen molar-refractivity contribution in [2.45, 2.75) is 79.2 Å². The Kier molecular flexibility index (Phi) is 12.9. The third kappa shape index (κ3) is 12.2. The zero-order chi connectivity index (χ0) is 23.3. The molecule has 1 fully saturated rings. The molecule has 0 radical (unpaired) electrons. The quantitative estimate of drug-likeness (QED) is 0.257. The van der Waals surface area contributed by atoms with Crippen molar-refractivity contribution in [1.82, 2.24) is 10.2 Å². The lowest BCUT2D eigenvalue weighted by Crippen LogP contribution is -2.46. The van der Waals surface area contributed by atoms with Crippen molar-refractivity contribution in [3.05, 3.63) is 71.0 Å². The van der Waals surface area contributed by atoms with Gasteiger partial charge in [-0.25, -0.2) is 0 Å². The molecule has 0 aromatic heterocycles.